The lowest BCUT2D eigenvalue weighted by Gasteiger charge is -2.18. The zero-order chi connectivity index (χ0) is 16.1. The molecule has 1 aliphatic heterocycles. The Hall–Kier alpha value is -2.34. The van der Waals surface area contributed by atoms with E-state index in [1.165, 1.54) is 5.56 Å². The van der Waals surface area contributed by atoms with Crippen LogP contribution >= 0.6 is 0 Å². The van der Waals surface area contributed by atoms with Crippen LogP contribution in [0.1, 0.15) is 12.0 Å². The van der Waals surface area contributed by atoms with E-state index in [4.69, 9.17) is 9.47 Å². The zero-order valence-corrected chi connectivity index (χ0v) is 13.5. The summed E-state index contributed by atoms with van der Waals surface area (Å²) in [6.45, 7) is 2.92. The molecule has 1 atom stereocenters. The van der Waals surface area contributed by atoms with Gasteiger partial charge in [0.15, 0.2) is 0 Å². The van der Waals surface area contributed by atoms with Gasteiger partial charge in [0.2, 0.25) is 0 Å². The molecule has 0 amide bonds. The highest BCUT2D eigenvalue weighted by molar-refractivity contribution is 5.38. The Labute approximate surface area is 136 Å². The summed E-state index contributed by atoms with van der Waals surface area (Å²) < 4.78 is 10.7. The predicted molar refractivity (Wildman–Crippen MR) is 88.9 cm³/mol. The Morgan fingerprint density at radius 2 is 1.96 bits per heavy atom. The van der Waals surface area contributed by atoms with Crippen LogP contribution in [0.5, 0.6) is 11.5 Å². The number of nitrogens with one attached hydrogen (secondary N) is 1. The van der Waals surface area contributed by atoms with E-state index in [9.17, 15) is 0 Å². The number of likely N-dealkylation sites (tertiary alicyclic amines) is 1. The number of rotatable bonds is 6. The fourth-order valence-electron chi connectivity index (χ4n) is 2.89. The van der Waals surface area contributed by atoms with Crippen molar-refractivity contribution in [3.63, 3.8) is 0 Å². The van der Waals surface area contributed by atoms with Crippen molar-refractivity contribution in [1.82, 2.24) is 14.9 Å². The largest absolute Gasteiger partial charge is 0.497 e. The molecule has 0 saturated carbocycles. The van der Waals surface area contributed by atoms with Gasteiger partial charge in [-0.15, -0.1) is 0 Å². The molecular formula is C17H22N4O2. The number of ether oxygens (including phenoxy) is 2. The third kappa shape index (κ3) is 4.10. The summed E-state index contributed by atoms with van der Waals surface area (Å²) in [5, 5.41) is 3.44. The van der Waals surface area contributed by atoms with E-state index >= 15 is 0 Å². The van der Waals surface area contributed by atoms with Crippen LogP contribution in [-0.4, -0.2) is 48.2 Å². The average molecular weight is 314 g/mol. The minimum atomic E-state index is 0.402. The molecule has 3 rings (SSSR count). The van der Waals surface area contributed by atoms with Crippen LogP contribution in [0.4, 0.5) is 5.82 Å². The minimum Gasteiger partial charge on any atom is -0.497 e. The Balaban J connectivity index is 1.59. The normalized spacial score (nSPS) is 17.9. The molecule has 2 aromatic rings. The van der Waals surface area contributed by atoms with Gasteiger partial charge in [-0.25, -0.2) is 4.98 Å². The third-order valence-electron chi connectivity index (χ3n) is 4.00. The summed E-state index contributed by atoms with van der Waals surface area (Å²) in [7, 11) is 3.35. The monoisotopic (exact) mass is 314 g/mol. The SMILES string of the molecule is COc1cc(CN2CC[C@H](Nc3cnccn3)C2)cc(OC)c1. The van der Waals surface area contributed by atoms with E-state index in [0.717, 1.165) is 43.4 Å². The Kier molecular flexibility index (Phi) is 4.92. The third-order valence-corrected chi connectivity index (χ3v) is 4.00. The number of aromatic nitrogens is 2. The van der Waals surface area contributed by atoms with Crippen LogP contribution in [-0.2, 0) is 6.54 Å². The summed E-state index contributed by atoms with van der Waals surface area (Å²) in [5.74, 6) is 2.49. The van der Waals surface area contributed by atoms with E-state index in [1.807, 2.05) is 6.07 Å². The second kappa shape index (κ2) is 7.28. The molecule has 0 aliphatic carbocycles. The molecule has 1 aromatic carbocycles. The van der Waals surface area contributed by atoms with Crippen LogP contribution in [0.25, 0.3) is 0 Å². The van der Waals surface area contributed by atoms with Gasteiger partial charge in [0, 0.05) is 44.1 Å². The molecule has 1 aromatic heterocycles. The van der Waals surface area contributed by atoms with Crippen LogP contribution in [0.3, 0.4) is 0 Å². The van der Waals surface area contributed by atoms with Gasteiger partial charge < -0.3 is 14.8 Å². The van der Waals surface area contributed by atoms with Crippen LogP contribution in [0.2, 0.25) is 0 Å². The zero-order valence-electron chi connectivity index (χ0n) is 13.5. The van der Waals surface area contributed by atoms with Crippen molar-refractivity contribution < 1.29 is 9.47 Å². The van der Waals surface area contributed by atoms with Crippen molar-refractivity contribution in [2.45, 2.75) is 19.0 Å². The standard InChI is InChI=1S/C17H22N4O2/c1-22-15-7-13(8-16(9-15)23-2)11-21-6-3-14(12-21)20-17-10-18-4-5-19-17/h4-5,7-10,14H,3,6,11-12H2,1-2H3,(H,19,20)/t14-/m0/s1. The Bertz CT molecular complexity index is 613. The number of anilines is 1. The lowest BCUT2D eigenvalue weighted by molar-refractivity contribution is 0.326. The summed E-state index contributed by atoms with van der Waals surface area (Å²) >= 11 is 0. The van der Waals surface area contributed by atoms with Gasteiger partial charge in [0.25, 0.3) is 0 Å². The molecule has 1 N–H and O–H groups in total. The molecule has 0 unspecified atom stereocenters. The van der Waals surface area contributed by atoms with Gasteiger partial charge in [-0.1, -0.05) is 0 Å². The highest BCUT2D eigenvalue weighted by Crippen LogP contribution is 2.24. The van der Waals surface area contributed by atoms with E-state index in [-0.39, 0.29) is 0 Å². The van der Waals surface area contributed by atoms with Crippen LogP contribution < -0.4 is 14.8 Å². The highest BCUT2D eigenvalue weighted by atomic mass is 16.5. The maximum absolute atomic E-state index is 5.34. The fraction of sp³-hybridized carbons (Fsp3) is 0.412. The lowest BCUT2D eigenvalue weighted by atomic mass is 10.2. The maximum atomic E-state index is 5.34. The van der Waals surface area contributed by atoms with Crippen molar-refractivity contribution in [1.29, 1.82) is 0 Å². The first kappa shape index (κ1) is 15.6. The number of methoxy groups -OCH3 is 2. The number of nitrogens with zero attached hydrogens (tertiary/aromatic N) is 3. The first-order valence-electron chi connectivity index (χ1n) is 7.73. The van der Waals surface area contributed by atoms with E-state index in [0.29, 0.717) is 6.04 Å². The highest BCUT2D eigenvalue weighted by Gasteiger charge is 2.22. The first-order chi connectivity index (χ1) is 11.3. The van der Waals surface area contributed by atoms with Crippen molar-refractivity contribution in [3.8, 4) is 11.5 Å². The quantitative estimate of drug-likeness (QED) is 0.882. The molecule has 0 radical (unpaired) electrons. The lowest BCUT2D eigenvalue weighted by Crippen LogP contribution is -2.26. The molecule has 2 heterocycles. The van der Waals surface area contributed by atoms with Gasteiger partial charge in [-0.2, -0.15) is 0 Å². The summed E-state index contributed by atoms with van der Waals surface area (Å²) in [6.07, 6.45) is 6.24. The Morgan fingerprint density at radius 3 is 2.61 bits per heavy atom. The molecule has 23 heavy (non-hydrogen) atoms. The average Bonchev–Trinajstić information content (AvgIpc) is 3.02. The summed E-state index contributed by atoms with van der Waals surface area (Å²) in [4.78, 5) is 10.8. The van der Waals surface area contributed by atoms with Gasteiger partial charge >= 0.3 is 0 Å². The van der Waals surface area contributed by atoms with E-state index in [2.05, 4.69) is 32.3 Å². The molecular weight excluding hydrogens is 292 g/mol. The van der Waals surface area contributed by atoms with Crippen molar-refractivity contribution in [2.75, 3.05) is 32.6 Å². The second-order valence-corrected chi connectivity index (χ2v) is 5.68. The van der Waals surface area contributed by atoms with E-state index < -0.39 is 0 Å². The van der Waals surface area contributed by atoms with Crippen LogP contribution in [0.15, 0.2) is 36.8 Å². The number of benzene rings is 1. The summed E-state index contributed by atoms with van der Waals surface area (Å²) in [6, 6.07) is 6.42. The van der Waals surface area contributed by atoms with Crippen molar-refractivity contribution >= 4 is 5.82 Å². The molecule has 0 spiro atoms. The van der Waals surface area contributed by atoms with Gasteiger partial charge in [0.05, 0.1) is 20.4 Å². The van der Waals surface area contributed by atoms with E-state index in [1.54, 1.807) is 32.8 Å². The smallest absolute Gasteiger partial charge is 0.144 e. The second-order valence-electron chi connectivity index (χ2n) is 5.68. The number of hydrogen-bond donors (Lipinski definition) is 1. The van der Waals surface area contributed by atoms with Crippen molar-refractivity contribution in [2.24, 2.45) is 0 Å². The van der Waals surface area contributed by atoms with Crippen molar-refractivity contribution in [3.05, 3.63) is 42.4 Å². The predicted octanol–water partition coefficient (Wildman–Crippen LogP) is 2.18. The molecule has 0 bridgehead atoms. The molecule has 6 nitrogen and oxygen atoms in total. The van der Waals surface area contributed by atoms with Gasteiger partial charge in [-0.05, 0) is 24.1 Å². The van der Waals surface area contributed by atoms with Gasteiger partial charge in [-0.3, -0.25) is 9.88 Å². The minimum absolute atomic E-state index is 0.402. The molecule has 1 aliphatic rings. The number of hydrogen-bond acceptors (Lipinski definition) is 6. The van der Waals surface area contributed by atoms with Crippen LogP contribution in [0, 0.1) is 0 Å². The topological polar surface area (TPSA) is 59.5 Å². The molecule has 1 fully saturated rings. The molecule has 6 heteroatoms. The molecule has 1 saturated heterocycles. The fourth-order valence-corrected chi connectivity index (χ4v) is 2.89. The maximum Gasteiger partial charge on any atom is 0.144 e. The first-order valence-corrected chi connectivity index (χ1v) is 7.73. The molecule has 122 valence electrons. The Morgan fingerprint density at radius 1 is 1.17 bits per heavy atom. The summed E-state index contributed by atoms with van der Waals surface area (Å²) in [5.41, 5.74) is 1.20. The van der Waals surface area contributed by atoms with Gasteiger partial charge in [0.1, 0.15) is 17.3 Å².